The smallest absolute Gasteiger partial charge is 0.269 e. The summed E-state index contributed by atoms with van der Waals surface area (Å²) in [4.78, 5) is 23.1. The Kier molecular flexibility index (Phi) is 8.22. The second-order valence-electron chi connectivity index (χ2n) is 7.40. The predicted octanol–water partition coefficient (Wildman–Crippen LogP) is 3.35. The van der Waals surface area contributed by atoms with Crippen molar-refractivity contribution in [2.45, 2.75) is 11.8 Å². The zero-order valence-electron chi connectivity index (χ0n) is 19.7. The Morgan fingerprint density at radius 1 is 1.00 bits per heavy atom. The summed E-state index contributed by atoms with van der Waals surface area (Å²) in [5.41, 5.74) is 3.33. The summed E-state index contributed by atoms with van der Waals surface area (Å²) >= 11 is 0. The van der Waals surface area contributed by atoms with E-state index < -0.39 is 27.4 Å². The molecule has 1 N–H and O–H groups in total. The molecule has 0 bridgehead atoms. The van der Waals surface area contributed by atoms with Gasteiger partial charge in [0, 0.05) is 17.7 Å². The summed E-state index contributed by atoms with van der Waals surface area (Å²) < 4.78 is 38.0. The lowest BCUT2D eigenvalue weighted by atomic mass is 10.1. The maximum atomic E-state index is 13.3. The number of nitro groups is 1. The molecule has 0 saturated heterocycles. The number of hydrogen-bond donors (Lipinski definition) is 1. The Balaban J connectivity index is 1.87. The van der Waals surface area contributed by atoms with Gasteiger partial charge in [-0.05, 0) is 49.4 Å². The van der Waals surface area contributed by atoms with Gasteiger partial charge in [0.2, 0.25) is 0 Å². The van der Waals surface area contributed by atoms with E-state index in [9.17, 15) is 23.3 Å². The van der Waals surface area contributed by atoms with Crippen LogP contribution in [0.4, 0.5) is 11.4 Å². The SMILES string of the molecule is COc1ccc(/C(C)=N\NC(=O)CN(c2ccc([N+](=O)[O-])cc2)S(=O)(=O)c2ccccc2)cc1OC. The van der Waals surface area contributed by atoms with Gasteiger partial charge < -0.3 is 9.47 Å². The van der Waals surface area contributed by atoms with Gasteiger partial charge in [0.1, 0.15) is 6.54 Å². The van der Waals surface area contributed by atoms with Gasteiger partial charge in [0.25, 0.3) is 21.6 Å². The standard InChI is InChI=1S/C24H24N4O7S/c1-17(18-9-14-22(34-2)23(15-18)35-3)25-26-24(29)16-27(19-10-12-20(13-11-19)28(30)31)36(32,33)21-7-5-4-6-8-21/h4-15H,16H2,1-3H3,(H,26,29)/b25-17-. The molecule has 0 unspecified atom stereocenters. The van der Waals surface area contributed by atoms with Gasteiger partial charge in [-0.15, -0.1) is 0 Å². The second-order valence-corrected chi connectivity index (χ2v) is 9.26. The third-order valence-electron chi connectivity index (χ3n) is 5.12. The van der Waals surface area contributed by atoms with Crippen LogP contribution in [0.25, 0.3) is 0 Å². The van der Waals surface area contributed by atoms with Crippen LogP contribution in [0.2, 0.25) is 0 Å². The molecule has 0 fully saturated rings. The molecule has 1 amide bonds. The molecule has 3 aromatic rings. The Labute approximate surface area is 208 Å². The van der Waals surface area contributed by atoms with Gasteiger partial charge in [-0.1, -0.05) is 18.2 Å². The fraction of sp³-hybridized carbons (Fsp3) is 0.167. The van der Waals surface area contributed by atoms with Gasteiger partial charge in [-0.25, -0.2) is 13.8 Å². The molecule has 11 nitrogen and oxygen atoms in total. The molecule has 12 heteroatoms. The van der Waals surface area contributed by atoms with E-state index in [0.717, 1.165) is 4.31 Å². The van der Waals surface area contributed by atoms with E-state index in [1.165, 1.54) is 50.6 Å². The van der Waals surface area contributed by atoms with Gasteiger partial charge in [0.05, 0.1) is 35.4 Å². The number of hydrogen-bond acceptors (Lipinski definition) is 8. The van der Waals surface area contributed by atoms with E-state index in [1.807, 2.05) is 0 Å². The summed E-state index contributed by atoms with van der Waals surface area (Å²) in [6.45, 7) is 1.05. The van der Waals surface area contributed by atoms with Crippen LogP contribution in [0.3, 0.4) is 0 Å². The van der Waals surface area contributed by atoms with E-state index in [1.54, 1.807) is 43.3 Å². The normalized spacial score (nSPS) is 11.5. The van der Waals surface area contributed by atoms with Crippen LogP contribution in [0.15, 0.2) is 82.8 Å². The Hall–Kier alpha value is -4.45. The Morgan fingerprint density at radius 3 is 2.22 bits per heavy atom. The lowest BCUT2D eigenvalue weighted by Crippen LogP contribution is -2.39. The highest BCUT2D eigenvalue weighted by Crippen LogP contribution is 2.28. The molecule has 3 rings (SSSR count). The third-order valence-corrected chi connectivity index (χ3v) is 6.90. The quantitative estimate of drug-likeness (QED) is 0.249. The number of rotatable bonds is 10. The molecule has 0 saturated carbocycles. The number of nitro benzene ring substituents is 1. The van der Waals surface area contributed by atoms with Crippen molar-refractivity contribution < 1.29 is 27.6 Å². The number of non-ortho nitro benzene ring substituents is 1. The average Bonchev–Trinajstić information content (AvgIpc) is 2.90. The number of sulfonamides is 1. The molecule has 0 aliphatic heterocycles. The first kappa shape index (κ1) is 26.2. The number of carbonyl (C=O) groups excluding carboxylic acids is 1. The Bertz CT molecular complexity index is 1380. The fourth-order valence-electron chi connectivity index (χ4n) is 3.21. The Morgan fingerprint density at radius 2 is 1.64 bits per heavy atom. The van der Waals surface area contributed by atoms with Crippen molar-refractivity contribution in [3.05, 3.63) is 88.5 Å². The number of ether oxygens (including phenoxy) is 2. The first-order valence-corrected chi connectivity index (χ1v) is 12.0. The van der Waals surface area contributed by atoms with Crippen molar-refractivity contribution in [1.29, 1.82) is 0 Å². The van der Waals surface area contributed by atoms with Crippen molar-refractivity contribution >= 4 is 33.0 Å². The maximum Gasteiger partial charge on any atom is 0.269 e. The van der Waals surface area contributed by atoms with E-state index in [-0.39, 0.29) is 16.3 Å². The number of benzene rings is 3. The lowest BCUT2D eigenvalue weighted by Gasteiger charge is -2.23. The van der Waals surface area contributed by atoms with Crippen LogP contribution in [-0.2, 0) is 14.8 Å². The highest BCUT2D eigenvalue weighted by Gasteiger charge is 2.27. The maximum absolute atomic E-state index is 13.3. The van der Waals surface area contributed by atoms with E-state index in [2.05, 4.69) is 10.5 Å². The van der Waals surface area contributed by atoms with Gasteiger partial charge >= 0.3 is 0 Å². The van der Waals surface area contributed by atoms with Crippen molar-refractivity contribution in [3.63, 3.8) is 0 Å². The monoisotopic (exact) mass is 512 g/mol. The number of amides is 1. The molecule has 3 aromatic carbocycles. The van der Waals surface area contributed by atoms with Crippen LogP contribution < -0.4 is 19.2 Å². The first-order chi connectivity index (χ1) is 17.2. The van der Waals surface area contributed by atoms with Gasteiger partial charge in [-0.2, -0.15) is 5.10 Å². The van der Waals surface area contributed by atoms with Crippen LogP contribution in [0.5, 0.6) is 11.5 Å². The van der Waals surface area contributed by atoms with E-state index >= 15 is 0 Å². The van der Waals surface area contributed by atoms with Gasteiger partial charge in [0.15, 0.2) is 11.5 Å². The van der Waals surface area contributed by atoms with E-state index in [0.29, 0.717) is 22.8 Å². The minimum Gasteiger partial charge on any atom is -0.493 e. The number of nitrogens with one attached hydrogen (secondary N) is 1. The molecular formula is C24H24N4O7S. The van der Waals surface area contributed by atoms with Crippen LogP contribution in [-0.4, -0.2) is 45.7 Å². The van der Waals surface area contributed by atoms with Crippen LogP contribution in [0, 0.1) is 10.1 Å². The minimum absolute atomic E-state index is 0.0406. The molecular weight excluding hydrogens is 488 g/mol. The second kappa shape index (κ2) is 11.3. The molecule has 0 aliphatic carbocycles. The lowest BCUT2D eigenvalue weighted by molar-refractivity contribution is -0.384. The number of anilines is 1. The molecule has 188 valence electrons. The van der Waals surface area contributed by atoms with Crippen LogP contribution >= 0.6 is 0 Å². The number of nitrogens with zero attached hydrogens (tertiary/aromatic N) is 3. The van der Waals surface area contributed by atoms with E-state index in [4.69, 9.17) is 9.47 Å². The molecule has 0 heterocycles. The van der Waals surface area contributed by atoms with Crippen LogP contribution in [0.1, 0.15) is 12.5 Å². The third kappa shape index (κ3) is 5.96. The number of carbonyl (C=O) groups is 1. The summed E-state index contributed by atoms with van der Waals surface area (Å²) in [6, 6.07) is 17.5. The largest absolute Gasteiger partial charge is 0.493 e. The first-order valence-electron chi connectivity index (χ1n) is 10.5. The van der Waals surface area contributed by atoms with Gasteiger partial charge in [-0.3, -0.25) is 19.2 Å². The summed E-state index contributed by atoms with van der Waals surface area (Å²) in [6.07, 6.45) is 0. The minimum atomic E-state index is -4.17. The molecule has 36 heavy (non-hydrogen) atoms. The number of hydrazone groups is 1. The summed E-state index contributed by atoms with van der Waals surface area (Å²) in [5, 5.41) is 15.1. The fourth-order valence-corrected chi connectivity index (χ4v) is 4.66. The average molecular weight is 513 g/mol. The zero-order chi connectivity index (χ0) is 26.3. The highest BCUT2D eigenvalue weighted by molar-refractivity contribution is 7.92. The molecule has 0 aromatic heterocycles. The van der Waals surface area contributed by atoms with Crippen molar-refractivity contribution in [3.8, 4) is 11.5 Å². The van der Waals surface area contributed by atoms with Crippen molar-refractivity contribution in [2.75, 3.05) is 25.1 Å². The molecule has 0 radical (unpaired) electrons. The highest BCUT2D eigenvalue weighted by atomic mass is 32.2. The summed E-state index contributed by atoms with van der Waals surface area (Å²) in [5.74, 6) is 0.296. The number of methoxy groups -OCH3 is 2. The van der Waals surface area contributed by atoms with Crippen molar-refractivity contribution in [1.82, 2.24) is 5.43 Å². The zero-order valence-corrected chi connectivity index (χ0v) is 20.6. The molecule has 0 aliphatic rings. The summed E-state index contributed by atoms with van der Waals surface area (Å²) in [7, 11) is -1.16. The molecule has 0 spiro atoms. The molecule has 0 atom stereocenters. The predicted molar refractivity (Wildman–Crippen MR) is 134 cm³/mol. The van der Waals surface area contributed by atoms with Crippen molar-refractivity contribution in [2.24, 2.45) is 5.10 Å². The topological polar surface area (TPSA) is 140 Å².